The van der Waals surface area contributed by atoms with Gasteiger partial charge in [0.05, 0.1) is 6.61 Å². The Labute approximate surface area is 127 Å². The average Bonchev–Trinajstić information content (AvgIpc) is 2.53. The van der Waals surface area contributed by atoms with E-state index >= 15 is 0 Å². The molecule has 4 heteroatoms. The van der Waals surface area contributed by atoms with Gasteiger partial charge in [0, 0.05) is 12.5 Å². The topological polar surface area (TPSA) is 64.3 Å². The molecule has 1 aliphatic carbocycles. The van der Waals surface area contributed by atoms with E-state index in [-0.39, 0.29) is 11.8 Å². The molecule has 1 aromatic carbocycles. The molecule has 0 bridgehead atoms. The largest absolute Gasteiger partial charge is 0.494 e. The van der Waals surface area contributed by atoms with Crippen molar-refractivity contribution in [3.05, 3.63) is 29.8 Å². The summed E-state index contributed by atoms with van der Waals surface area (Å²) < 4.78 is 5.47. The third-order valence-corrected chi connectivity index (χ3v) is 4.22. The number of carbonyl (C=O) groups is 1. The van der Waals surface area contributed by atoms with E-state index in [1.807, 2.05) is 31.2 Å². The third kappa shape index (κ3) is 4.46. The molecular weight excluding hydrogens is 264 g/mol. The maximum Gasteiger partial charge on any atom is 0.223 e. The summed E-state index contributed by atoms with van der Waals surface area (Å²) in [6, 6.07) is 7.87. The highest BCUT2D eigenvalue weighted by molar-refractivity contribution is 5.79. The average molecular weight is 290 g/mol. The second-order valence-corrected chi connectivity index (χ2v) is 5.68. The van der Waals surface area contributed by atoms with Crippen molar-refractivity contribution in [2.24, 2.45) is 17.6 Å². The fraction of sp³-hybridized carbons (Fsp3) is 0.588. The van der Waals surface area contributed by atoms with Crippen LogP contribution in [0.5, 0.6) is 5.75 Å². The van der Waals surface area contributed by atoms with Gasteiger partial charge in [0.1, 0.15) is 5.75 Å². The predicted molar refractivity (Wildman–Crippen MR) is 84.0 cm³/mol. The minimum atomic E-state index is 0.0822. The Morgan fingerprint density at radius 2 is 2.19 bits per heavy atom. The highest BCUT2D eigenvalue weighted by atomic mass is 16.5. The Balaban J connectivity index is 1.89. The third-order valence-electron chi connectivity index (χ3n) is 4.22. The van der Waals surface area contributed by atoms with Gasteiger partial charge in [-0.25, -0.2) is 0 Å². The molecule has 0 spiro atoms. The zero-order valence-electron chi connectivity index (χ0n) is 12.8. The van der Waals surface area contributed by atoms with E-state index in [4.69, 9.17) is 10.5 Å². The second kappa shape index (κ2) is 8.03. The molecule has 1 saturated carbocycles. The van der Waals surface area contributed by atoms with Crippen LogP contribution in [0.15, 0.2) is 24.3 Å². The van der Waals surface area contributed by atoms with Crippen molar-refractivity contribution in [3.8, 4) is 5.75 Å². The summed E-state index contributed by atoms with van der Waals surface area (Å²) in [5.41, 5.74) is 6.86. The van der Waals surface area contributed by atoms with Gasteiger partial charge in [-0.1, -0.05) is 25.0 Å². The Bertz CT molecular complexity index is 462. The maximum absolute atomic E-state index is 12.4. The molecule has 2 rings (SSSR count). The summed E-state index contributed by atoms with van der Waals surface area (Å²) in [7, 11) is 0. The normalized spacial score (nSPS) is 21.8. The standard InChI is InChI=1S/C17H26N2O2/c1-2-21-15-8-5-6-13(10-15)12-19-17(20)16-9-4-3-7-14(16)11-18/h5-6,8,10,14,16H,2-4,7,9,11-12,18H2,1H3,(H,19,20). The van der Waals surface area contributed by atoms with Crippen molar-refractivity contribution in [2.75, 3.05) is 13.2 Å². The first-order chi connectivity index (χ1) is 10.2. The van der Waals surface area contributed by atoms with Gasteiger partial charge in [-0.05, 0) is 49.9 Å². The van der Waals surface area contributed by atoms with Gasteiger partial charge in [0.2, 0.25) is 5.91 Å². The van der Waals surface area contributed by atoms with Gasteiger partial charge in [-0.3, -0.25) is 4.79 Å². The van der Waals surface area contributed by atoms with Crippen LogP contribution in [0.25, 0.3) is 0 Å². The molecule has 3 N–H and O–H groups in total. The fourth-order valence-electron chi connectivity index (χ4n) is 3.07. The minimum Gasteiger partial charge on any atom is -0.494 e. The van der Waals surface area contributed by atoms with Crippen LogP contribution in [0, 0.1) is 11.8 Å². The Hall–Kier alpha value is -1.55. The number of amides is 1. The van der Waals surface area contributed by atoms with Crippen LogP contribution < -0.4 is 15.8 Å². The van der Waals surface area contributed by atoms with Gasteiger partial charge in [0.15, 0.2) is 0 Å². The molecule has 1 fully saturated rings. The van der Waals surface area contributed by atoms with Crippen molar-refractivity contribution < 1.29 is 9.53 Å². The number of hydrogen-bond acceptors (Lipinski definition) is 3. The molecule has 1 aliphatic rings. The lowest BCUT2D eigenvalue weighted by atomic mass is 9.79. The monoisotopic (exact) mass is 290 g/mol. The lowest BCUT2D eigenvalue weighted by Crippen LogP contribution is -2.39. The fourth-order valence-corrected chi connectivity index (χ4v) is 3.07. The summed E-state index contributed by atoms with van der Waals surface area (Å²) in [6.07, 6.45) is 4.37. The second-order valence-electron chi connectivity index (χ2n) is 5.68. The lowest BCUT2D eigenvalue weighted by Gasteiger charge is -2.29. The summed E-state index contributed by atoms with van der Waals surface area (Å²) in [5, 5.41) is 3.05. The number of nitrogens with one attached hydrogen (secondary N) is 1. The van der Waals surface area contributed by atoms with Crippen molar-refractivity contribution in [1.82, 2.24) is 5.32 Å². The molecule has 21 heavy (non-hydrogen) atoms. The molecule has 0 aromatic heterocycles. The Morgan fingerprint density at radius 1 is 1.38 bits per heavy atom. The Kier molecular flexibility index (Phi) is 6.05. The molecule has 0 heterocycles. The number of rotatable bonds is 6. The zero-order valence-corrected chi connectivity index (χ0v) is 12.8. The van der Waals surface area contributed by atoms with Crippen LogP contribution in [0.4, 0.5) is 0 Å². The SMILES string of the molecule is CCOc1cccc(CNC(=O)C2CCCCC2CN)c1. The quantitative estimate of drug-likeness (QED) is 0.846. The van der Waals surface area contributed by atoms with Crippen LogP contribution >= 0.6 is 0 Å². The van der Waals surface area contributed by atoms with E-state index < -0.39 is 0 Å². The maximum atomic E-state index is 12.4. The summed E-state index contributed by atoms with van der Waals surface area (Å²) in [5.74, 6) is 1.42. The number of carbonyl (C=O) groups excluding carboxylic acids is 1. The molecule has 4 nitrogen and oxygen atoms in total. The van der Waals surface area contributed by atoms with Crippen LogP contribution in [0.2, 0.25) is 0 Å². The van der Waals surface area contributed by atoms with Crippen molar-refractivity contribution in [1.29, 1.82) is 0 Å². The first-order valence-electron chi connectivity index (χ1n) is 7.94. The van der Waals surface area contributed by atoms with E-state index in [0.29, 0.717) is 25.6 Å². The molecular formula is C17H26N2O2. The van der Waals surface area contributed by atoms with Gasteiger partial charge in [0.25, 0.3) is 0 Å². The van der Waals surface area contributed by atoms with Crippen LogP contribution in [0.1, 0.15) is 38.2 Å². The van der Waals surface area contributed by atoms with Crippen molar-refractivity contribution in [3.63, 3.8) is 0 Å². The first-order valence-corrected chi connectivity index (χ1v) is 7.94. The molecule has 116 valence electrons. The van der Waals surface area contributed by atoms with Gasteiger partial charge >= 0.3 is 0 Å². The van der Waals surface area contributed by atoms with Crippen LogP contribution in [-0.4, -0.2) is 19.1 Å². The summed E-state index contributed by atoms with van der Waals surface area (Å²) >= 11 is 0. The molecule has 0 aliphatic heterocycles. The zero-order chi connectivity index (χ0) is 15.1. The minimum absolute atomic E-state index is 0.0822. The summed E-state index contributed by atoms with van der Waals surface area (Å²) in [6.45, 7) is 3.77. The highest BCUT2D eigenvalue weighted by Gasteiger charge is 2.29. The molecule has 2 unspecified atom stereocenters. The van der Waals surface area contributed by atoms with E-state index in [9.17, 15) is 4.79 Å². The number of benzene rings is 1. The van der Waals surface area contributed by atoms with E-state index in [2.05, 4.69) is 5.32 Å². The number of ether oxygens (including phenoxy) is 1. The lowest BCUT2D eigenvalue weighted by molar-refractivity contribution is -0.127. The number of nitrogens with two attached hydrogens (primary N) is 1. The van der Waals surface area contributed by atoms with Crippen molar-refractivity contribution >= 4 is 5.91 Å². The van der Waals surface area contributed by atoms with E-state index in [1.54, 1.807) is 0 Å². The highest BCUT2D eigenvalue weighted by Crippen LogP contribution is 2.29. The molecule has 1 aromatic rings. The van der Waals surface area contributed by atoms with Crippen LogP contribution in [0.3, 0.4) is 0 Å². The van der Waals surface area contributed by atoms with Gasteiger partial charge in [-0.15, -0.1) is 0 Å². The molecule has 0 saturated heterocycles. The van der Waals surface area contributed by atoms with E-state index in [0.717, 1.165) is 30.6 Å². The van der Waals surface area contributed by atoms with Crippen LogP contribution in [-0.2, 0) is 11.3 Å². The Morgan fingerprint density at radius 3 is 2.95 bits per heavy atom. The van der Waals surface area contributed by atoms with E-state index in [1.165, 1.54) is 6.42 Å². The summed E-state index contributed by atoms with van der Waals surface area (Å²) in [4.78, 5) is 12.4. The molecule has 1 amide bonds. The first kappa shape index (κ1) is 15.8. The van der Waals surface area contributed by atoms with Gasteiger partial charge in [-0.2, -0.15) is 0 Å². The molecule has 2 atom stereocenters. The number of hydrogen-bond donors (Lipinski definition) is 2. The van der Waals surface area contributed by atoms with Gasteiger partial charge < -0.3 is 15.8 Å². The predicted octanol–water partition coefficient (Wildman–Crippen LogP) is 2.47. The van der Waals surface area contributed by atoms with Crippen molar-refractivity contribution in [2.45, 2.75) is 39.2 Å². The molecule has 0 radical (unpaired) electrons. The smallest absolute Gasteiger partial charge is 0.223 e.